The predicted octanol–water partition coefficient (Wildman–Crippen LogP) is 1.87. The molecule has 2 heterocycles. The first kappa shape index (κ1) is 11.7. The molecule has 2 aromatic heterocycles. The molecule has 0 fully saturated rings. The Morgan fingerprint density at radius 1 is 1.29 bits per heavy atom. The Morgan fingerprint density at radius 2 is 2.06 bits per heavy atom. The summed E-state index contributed by atoms with van der Waals surface area (Å²) in [7, 11) is 1.44. The second-order valence-corrected chi connectivity index (χ2v) is 4.05. The molecule has 0 saturated heterocycles. The number of rotatable bonds is 3. The van der Waals surface area contributed by atoms with E-state index in [0.29, 0.717) is 5.56 Å². The average molecular weight is 294 g/mol. The van der Waals surface area contributed by atoms with Gasteiger partial charge in [0.25, 0.3) is 0 Å². The van der Waals surface area contributed by atoms with Crippen LogP contribution in [-0.2, 0) is 0 Å². The van der Waals surface area contributed by atoms with E-state index < -0.39 is 0 Å². The van der Waals surface area contributed by atoms with Crippen molar-refractivity contribution in [2.24, 2.45) is 0 Å². The molecule has 0 N–H and O–H groups in total. The van der Waals surface area contributed by atoms with Crippen LogP contribution >= 0.6 is 15.9 Å². The van der Waals surface area contributed by atoms with E-state index in [9.17, 15) is 4.79 Å². The molecule has 0 amide bonds. The molecular weight excluding hydrogens is 286 g/mol. The van der Waals surface area contributed by atoms with E-state index in [2.05, 4.69) is 30.9 Å². The summed E-state index contributed by atoms with van der Waals surface area (Å²) < 4.78 is 5.72. The minimum absolute atomic E-state index is 0.176. The minimum Gasteiger partial charge on any atom is -0.479 e. The number of ketones is 1. The van der Waals surface area contributed by atoms with Crippen LogP contribution in [0.25, 0.3) is 0 Å². The summed E-state index contributed by atoms with van der Waals surface area (Å²) in [6.45, 7) is 0. The number of methoxy groups -OCH3 is 1. The van der Waals surface area contributed by atoms with Crippen LogP contribution in [0.15, 0.2) is 35.3 Å². The Hall–Kier alpha value is -1.82. The Balaban J connectivity index is 2.44. The number of carbonyl (C=O) groups excluding carboxylic acids is 1. The van der Waals surface area contributed by atoms with Crippen LogP contribution in [0.5, 0.6) is 5.88 Å². The third kappa shape index (κ3) is 2.47. The molecule has 0 bridgehead atoms. The highest BCUT2D eigenvalue weighted by molar-refractivity contribution is 9.10. The summed E-state index contributed by atoms with van der Waals surface area (Å²) in [6, 6.07) is 1.67. The molecule has 0 aromatic carbocycles. The van der Waals surface area contributed by atoms with Gasteiger partial charge in [0.15, 0.2) is 5.69 Å². The first-order valence-corrected chi connectivity index (χ1v) is 5.52. The number of pyridine rings is 1. The second-order valence-electron chi connectivity index (χ2n) is 3.14. The van der Waals surface area contributed by atoms with Gasteiger partial charge in [0.1, 0.15) is 0 Å². The van der Waals surface area contributed by atoms with E-state index in [-0.39, 0.29) is 17.4 Å². The van der Waals surface area contributed by atoms with Gasteiger partial charge in [0, 0.05) is 34.8 Å². The van der Waals surface area contributed by atoms with Crippen LogP contribution in [0.4, 0.5) is 0 Å². The van der Waals surface area contributed by atoms with Crippen LogP contribution < -0.4 is 4.74 Å². The summed E-state index contributed by atoms with van der Waals surface area (Å²) in [5, 5.41) is 0. The van der Waals surface area contributed by atoms with Crippen molar-refractivity contribution < 1.29 is 9.53 Å². The van der Waals surface area contributed by atoms with Crippen molar-refractivity contribution in [3.63, 3.8) is 0 Å². The third-order valence-electron chi connectivity index (χ3n) is 2.04. The van der Waals surface area contributed by atoms with Gasteiger partial charge in [0.05, 0.1) is 7.11 Å². The molecule has 6 heteroatoms. The van der Waals surface area contributed by atoms with Crippen molar-refractivity contribution in [2.75, 3.05) is 7.11 Å². The van der Waals surface area contributed by atoms with Crippen molar-refractivity contribution in [3.8, 4) is 5.88 Å². The quantitative estimate of drug-likeness (QED) is 0.809. The number of carbonyl (C=O) groups is 1. The Kier molecular flexibility index (Phi) is 3.43. The molecule has 0 aliphatic heterocycles. The van der Waals surface area contributed by atoms with Gasteiger partial charge in [-0.1, -0.05) is 0 Å². The van der Waals surface area contributed by atoms with Gasteiger partial charge >= 0.3 is 0 Å². The number of halogens is 1. The lowest BCUT2D eigenvalue weighted by molar-refractivity contribution is 0.103. The SMILES string of the molecule is COc1nccnc1C(=O)c1cncc(Br)c1. The number of aromatic nitrogens is 3. The topological polar surface area (TPSA) is 65.0 Å². The second kappa shape index (κ2) is 5.01. The molecule has 5 nitrogen and oxygen atoms in total. The minimum atomic E-state index is -0.274. The van der Waals surface area contributed by atoms with E-state index >= 15 is 0 Å². The molecule has 86 valence electrons. The van der Waals surface area contributed by atoms with Crippen molar-refractivity contribution in [3.05, 3.63) is 46.6 Å². The molecule has 0 saturated carbocycles. The number of hydrogen-bond acceptors (Lipinski definition) is 5. The molecule has 0 aliphatic rings. The highest BCUT2D eigenvalue weighted by atomic mass is 79.9. The molecule has 17 heavy (non-hydrogen) atoms. The lowest BCUT2D eigenvalue weighted by Crippen LogP contribution is -2.08. The first-order valence-electron chi connectivity index (χ1n) is 4.72. The first-order chi connectivity index (χ1) is 8.22. The predicted molar refractivity (Wildman–Crippen MR) is 64.0 cm³/mol. The van der Waals surface area contributed by atoms with E-state index in [1.54, 1.807) is 12.3 Å². The highest BCUT2D eigenvalue weighted by Crippen LogP contribution is 2.17. The molecule has 0 spiro atoms. The standard InChI is InChI=1S/C11H8BrN3O2/c1-17-11-9(14-2-3-15-11)10(16)7-4-8(12)6-13-5-7/h2-6H,1H3. The molecule has 2 aromatic rings. The zero-order valence-electron chi connectivity index (χ0n) is 8.92. The smallest absolute Gasteiger partial charge is 0.243 e. The highest BCUT2D eigenvalue weighted by Gasteiger charge is 2.17. The normalized spacial score (nSPS) is 10.0. The summed E-state index contributed by atoms with van der Waals surface area (Å²) in [4.78, 5) is 24.0. The van der Waals surface area contributed by atoms with Crippen molar-refractivity contribution in [2.45, 2.75) is 0 Å². The maximum Gasteiger partial charge on any atom is 0.243 e. The molecule has 0 unspecified atom stereocenters. The average Bonchev–Trinajstić information content (AvgIpc) is 2.38. The van der Waals surface area contributed by atoms with Gasteiger partial charge in [-0.15, -0.1) is 0 Å². The van der Waals surface area contributed by atoms with Crippen molar-refractivity contribution in [1.82, 2.24) is 15.0 Å². The molecular formula is C11H8BrN3O2. The summed E-state index contributed by atoms with van der Waals surface area (Å²) >= 11 is 3.26. The Morgan fingerprint density at radius 3 is 2.76 bits per heavy atom. The third-order valence-corrected chi connectivity index (χ3v) is 2.47. The van der Waals surface area contributed by atoms with E-state index in [0.717, 1.165) is 4.47 Å². The lowest BCUT2D eigenvalue weighted by Gasteiger charge is -2.04. The monoisotopic (exact) mass is 293 g/mol. The molecule has 0 aliphatic carbocycles. The number of nitrogens with zero attached hydrogens (tertiary/aromatic N) is 3. The van der Waals surface area contributed by atoms with Crippen LogP contribution in [0, 0.1) is 0 Å². The van der Waals surface area contributed by atoms with Gasteiger partial charge in [-0.25, -0.2) is 9.97 Å². The van der Waals surface area contributed by atoms with Crippen LogP contribution in [0.1, 0.15) is 16.1 Å². The van der Waals surface area contributed by atoms with E-state index in [1.165, 1.54) is 25.7 Å². The van der Waals surface area contributed by atoms with E-state index in [1.807, 2.05) is 0 Å². The van der Waals surface area contributed by atoms with Gasteiger partial charge < -0.3 is 4.74 Å². The largest absolute Gasteiger partial charge is 0.479 e. The Labute approximate surface area is 106 Å². The zero-order chi connectivity index (χ0) is 12.3. The molecule has 0 radical (unpaired) electrons. The molecule has 2 rings (SSSR count). The van der Waals surface area contributed by atoms with Gasteiger partial charge in [0.2, 0.25) is 11.7 Å². The van der Waals surface area contributed by atoms with Gasteiger partial charge in [-0.2, -0.15) is 0 Å². The maximum atomic E-state index is 12.1. The van der Waals surface area contributed by atoms with Crippen molar-refractivity contribution in [1.29, 1.82) is 0 Å². The summed E-state index contributed by atoms with van der Waals surface area (Å²) in [6.07, 6.45) is 5.99. The molecule has 0 atom stereocenters. The van der Waals surface area contributed by atoms with Gasteiger partial charge in [-0.05, 0) is 22.0 Å². The fraction of sp³-hybridized carbons (Fsp3) is 0.0909. The van der Waals surface area contributed by atoms with E-state index in [4.69, 9.17) is 4.74 Å². The number of ether oxygens (including phenoxy) is 1. The van der Waals surface area contributed by atoms with Crippen LogP contribution in [0.2, 0.25) is 0 Å². The summed E-state index contributed by atoms with van der Waals surface area (Å²) in [5.74, 6) is -0.0683. The van der Waals surface area contributed by atoms with Crippen LogP contribution in [-0.4, -0.2) is 27.8 Å². The lowest BCUT2D eigenvalue weighted by atomic mass is 10.1. The fourth-order valence-corrected chi connectivity index (χ4v) is 1.67. The van der Waals surface area contributed by atoms with Gasteiger partial charge in [-0.3, -0.25) is 9.78 Å². The fourth-order valence-electron chi connectivity index (χ4n) is 1.30. The van der Waals surface area contributed by atoms with Crippen molar-refractivity contribution >= 4 is 21.7 Å². The number of hydrogen-bond donors (Lipinski definition) is 0. The maximum absolute atomic E-state index is 12.1. The summed E-state index contributed by atoms with van der Waals surface area (Å²) in [5.41, 5.74) is 0.605. The zero-order valence-corrected chi connectivity index (χ0v) is 10.5. The Bertz CT molecular complexity index is 560. The van der Waals surface area contributed by atoms with Crippen LogP contribution in [0.3, 0.4) is 0 Å².